The topological polar surface area (TPSA) is 105 Å². The van der Waals surface area contributed by atoms with Crippen LogP contribution in [0.4, 0.5) is 0 Å². The number of hydrogen-bond donors (Lipinski definition) is 2. The van der Waals surface area contributed by atoms with E-state index in [4.69, 9.17) is 10.5 Å². The third-order valence-electron chi connectivity index (χ3n) is 2.75. The first-order valence-corrected chi connectivity index (χ1v) is 5.46. The van der Waals surface area contributed by atoms with E-state index in [1.54, 1.807) is 0 Å². The summed E-state index contributed by atoms with van der Waals surface area (Å²) in [6.45, 7) is 0.759. The molecule has 7 nitrogen and oxygen atoms in total. The number of amides is 2. The molecule has 2 heterocycles. The van der Waals surface area contributed by atoms with Crippen LogP contribution in [0.1, 0.15) is 10.4 Å². The van der Waals surface area contributed by atoms with E-state index in [2.05, 4.69) is 4.98 Å². The maximum Gasteiger partial charge on any atom is 0.256 e. The molecule has 0 aromatic carbocycles. The van der Waals surface area contributed by atoms with E-state index >= 15 is 0 Å². The smallest absolute Gasteiger partial charge is 0.256 e. The molecule has 18 heavy (non-hydrogen) atoms. The first-order valence-electron chi connectivity index (χ1n) is 5.46. The highest BCUT2D eigenvalue weighted by Crippen LogP contribution is 2.11. The molecule has 7 heteroatoms. The lowest BCUT2D eigenvalue weighted by Crippen LogP contribution is -2.54. The van der Waals surface area contributed by atoms with Gasteiger partial charge in [0, 0.05) is 18.8 Å². The van der Waals surface area contributed by atoms with E-state index in [0.29, 0.717) is 18.7 Å². The van der Waals surface area contributed by atoms with Crippen molar-refractivity contribution < 1.29 is 14.3 Å². The second kappa shape index (κ2) is 5.01. The van der Waals surface area contributed by atoms with Crippen molar-refractivity contribution in [2.24, 2.45) is 5.73 Å². The van der Waals surface area contributed by atoms with Crippen LogP contribution < -0.4 is 11.3 Å². The summed E-state index contributed by atoms with van der Waals surface area (Å²) in [4.78, 5) is 38.1. The Morgan fingerprint density at radius 2 is 2.22 bits per heavy atom. The van der Waals surface area contributed by atoms with Gasteiger partial charge in [-0.15, -0.1) is 0 Å². The molecule has 0 aliphatic carbocycles. The lowest BCUT2D eigenvalue weighted by molar-refractivity contribution is -0.127. The number of primary amides is 1. The second-order valence-corrected chi connectivity index (χ2v) is 3.93. The second-order valence-electron chi connectivity index (χ2n) is 3.93. The maximum atomic E-state index is 12.2. The number of H-pyrrole nitrogens is 1. The van der Waals surface area contributed by atoms with Crippen molar-refractivity contribution in [2.75, 3.05) is 19.8 Å². The van der Waals surface area contributed by atoms with Crippen molar-refractivity contribution in [2.45, 2.75) is 6.04 Å². The minimum absolute atomic E-state index is 0.102. The van der Waals surface area contributed by atoms with Crippen LogP contribution in [-0.2, 0) is 9.53 Å². The van der Waals surface area contributed by atoms with Crippen LogP contribution >= 0.6 is 0 Å². The minimum atomic E-state index is -0.766. The number of carbonyl (C=O) groups excluding carboxylic acids is 2. The van der Waals surface area contributed by atoms with E-state index in [9.17, 15) is 14.4 Å². The SMILES string of the molecule is NC(=O)C1COCCN1C(=O)c1ccc(=O)[nH]c1. The van der Waals surface area contributed by atoms with Crippen LogP contribution in [-0.4, -0.2) is 47.5 Å². The van der Waals surface area contributed by atoms with Gasteiger partial charge in [-0.25, -0.2) is 0 Å². The summed E-state index contributed by atoms with van der Waals surface area (Å²) < 4.78 is 5.13. The quantitative estimate of drug-likeness (QED) is 0.681. The molecule has 0 saturated carbocycles. The number of morpholine rings is 1. The molecule has 3 N–H and O–H groups in total. The zero-order valence-electron chi connectivity index (χ0n) is 9.59. The average Bonchev–Trinajstić information content (AvgIpc) is 2.39. The van der Waals surface area contributed by atoms with E-state index in [0.717, 1.165) is 0 Å². The van der Waals surface area contributed by atoms with Crippen molar-refractivity contribution in [1.29, 1.82) is 0 Å². The highest BCUT2D eigenvalue weighted by atomic mass is 16.5. The maximum absolute atomic E-state index is 12.2. The number of ether oxygens (including phenoxy) is 1. The fourth-order valence-electron chi connectivity index (χ4n) is 1.79. The average molecular weight is 251 g/mol. The highest BCUT2D eigenvalue weighted by molar-refractivity contribution is 5.97. The van der Waals surface area contributed by atoms with Crippen molar-refractivity contribution in [3.05, 3.63) is 34.2 Å². The normalized spacial score (nSPS) is 19.6. The number of aromatic amines is 1. The number of carbonyl (C=O) groups is 2. The van der Waals surface area contributed by atoms with Crippen molar-refractivity contribution in [1.82, 2.24) is 9.88 Å². The number of nitrogens with two attached hydrogens (primary N) is 1. The summed E-state index contributed by atoms with van der Waals surface area (Å²) in [6, 6.07) is 1.90. The first-order chi connectivity index (χ1) is 8.59. The molecule has 1 atom stereocenters. The van der Waals surface area contributed by atoms with Gasteiger partial charge in [0.25, 0.3) is 5.91 Å². The zero-order chi connectivity index (χ0) is 13.1. The fourth-order valence-corrected chi connectivity index (χ4v) is 1.79. The third-order valence-corrected chi connectivity index (χ3v) is 2.75. The first kappa shape index (κ1) is 12.3. The number of aromatic nitrogens is 1. The molecule has 2 amide bonds. The number of rotatable bonds is 2. The van der Waals surface area contributed by atoms with Gasteiger partial charge in [0.05, 0.1) is 18.8 Å². The molecule has 0 bridgehead atoms. The van der Waals surface area contributed by atoms with Crippen molar-refractivity contribution in [3.8, 4) is 0 Å². The van der Waals surface area contributed by atoms with Crippen LogP contribution in [0.5, 0.6) is 0 Å². The van der Waals surface area contributed by atoms with Crippen LogP contribution in [0.3, 0.4) is 0 Å². The molecule has 1 aromatic rings. The van der Waals surface area contributed by atoms with Gasteiger partial charge in [-0.1, -0.05) is 0 Å². The van der Waals surface area contributed by atoms with Crippen molar-refractivity contribution in [3.63, 3.8) is 0 Å². The standard InChI is InChI=1S/C11H13N3O4/c12-10(16)8-6-18-4-3-14(8)11(17)7-1-2-9(15)13-5-7/h1-2,5,8H,3-4,6H2,(H2,12,16)(H,13,15). The highest BCUT2D eigenvalue weighted by Gasteiger charge is 2.31. The molecule has 1 aromatic heterocycles. The Kier molecular flexibility index (Phi) is 3.42. The molecular formula is C11H13N3O4. The Morgan fingerprint density at radius 1 is 1.44 bits per heavy atom. The molecule has 96 valence electrons. The summed E-state index contributed by atoms with van der Waals surface area (Å²) in [5.74, 6) is -0.953. The van der Waals surface area contributed by atoms with Crippen LogP contribution in [0.25, 0.3) is 0 Å². The summed E-state index contributed by atoms with van der Waals surface area (Å²) >= 11 is 0. The Hall–Kier alpha value is -2.15. The summed E-state index contributed by atoms with van der Waals surface area (Å²) in [5, 5.41) is 0. The summed E-state index contributed by atoms with van der Waals surface area (Å²) in [7, 11) is 0. The van der Waals surface area contributed by atoms with E-state index < -0.39 is 11.9 Å². The van der Waals surface area contributed by atoms with Crippen LogP contribution in [0, 0.1) is 0 Å². The van der Waals surface area contributed by atoms with Gasteiger partial charge < -0.3 is 20.4 Å². The Bertz CT molecular complexity index is 505. The van der Waals surface area contributed by atoms with Gasteiger partial charge in [0.2, 0.25) is 11.5 Å². The zero-order valence-corrected chi connectivity index (χ0v) is 9.59. The Labute approximate surface area is 103 Å². The van der Waals surface area contributed by atoms with E-state index in [1.807, 2.05) is 0 Å². The van der Waals surface area contributed by atoms with Gasteiger partial charge in [-0.2, -0.15) is 0 Å². The Balaban J connectivity index is 2.23. The summed E-state index contributed by atoms with van der Waals surface area (Å²) in [5.41, 5.74) is 5.24. The largest absolute Gasteiger partial charge is 0.377 e. The number of pyridine rings is 1. The number of hydrogen-bond acceptors (Lipinski definition) is 4. The molecule has 1 aliphatic heterocycles. The predicted octanol–water partition coefficient (Wildman–Crippen LogP) is -1.30. The molecule has 0 radical (unpaired) electrons. The molecule has 1 unspecified atom stereocenters. The Morgan fingerprint density at radius 3 is 2.83 bits per heavy atom. The van der Waals surface area contributed by atoms with Gasteiger partial charge in [0.1, 0.15) is 6.04 Å². The van der Waals surface area contributed by atoms with Crippen LogP contribution in [0.2, 0.25) is 0 Å². The van der Waals surface area contributed by atoms with Gasteiger partial charge in [-0.05, 0) is 6.07 Å². The molecule has 2 rings (SSSR count). The third kappa shape index (κ3) is 2.40. The molecule has 0 spiro atoms. The lowest BCUT2D eigenvalue weighted by atomic mass is 10.1. The van der Waals surface area contributed by atoms with E-state index in [1.165, 1.54) is 23.2 Å². The van der Waals surface area contributed by atoms with Gasteiger partial charge in [-0.3, -0.25) is 14.4 Å². The lowest BCUT2D eigenvalue weighted by Gasteiger charge is -2.33. The number of nitrogens with zero attached hydrogens (tertiary/aromatic N) is 1. The molecule has 1 saturated heterocycles. The van der Waals surface area contributed by atoms with Crippen molar-refractivity contribution >= 4 is 11.8 Å². The van der Waals surface area contributed by atoms with Gasteiger partial charge in [0.15, 0.2) is 0 Å². The molecular weight excluding hydrogens is 238 g/mol. The van der Waals surface area contributed by atoms with E-state index in [-0.39, 0.29) is 18.1 Å². The predicted molar refractivity (Wildman–Crippen MR) is 61.9 cm³/mol. The molecule has 1 aliphatic rings. The minimum Gasteiger partial charge on any atom is -0.377 e. The molecule has 1 fully saturated rings. The fraction of sp³-hybridized carbons (Fsp3) is 0.364. The number of nitrogens with one attached hydrogen (secondary N) is 1. The van der Waals surface area contributed by atoms with Gasteiger partial charge >= 0.3 is 0 Å². The monoisotopic (exact) mass is 251 g/mol. The van der Waals surface area contributed by atoms with Crippen LogP contribution in [0.15, 0.2) is 23.1 Å². The summed E-state index contributed by atoms with van der Waals surface area (Å²) in [6.07, 6.45) is 1.32.